The van der Waals surface area contributed by atoms with E-state index in [9.17, 15) is 9.59 Å². The molecule has 4 heteroatoms. The van der Waals surface area contributed by atoms with Crippen molar-refractivity contribution in [2.24, 2.45) is 0 Å². The Bertz CT molecular complexity index is 458. The molecule has 1 aliphatic heterocycles. The van der Waals surface area contributed by atoms with Gasteiger partial charge in [-0.1, -0.05) is 25.6 Å². The Morgan fingerprint density at radius 1 is 1.24 bits per heavy atom. The van der Waals surface area contributed by atoms with Crippen LogP contribution in [0.3, 0.4) is 0 Å². The second kappa shape index (κ2) is 4.51. The molecule has 0 aliphatic carbocycles. The van der Waals surface area contributed by atoms with Gasteiger partial charge in [-0.3, -0.25) is 14.4 Å². The van der Waals surface area contributed by atoms with Crippen molar-refractivity contribution in [1.29, 1.82) is 0 Å². The van der Waals surface area contributed by atoms with Gasteiger partial charge in [0, 0.05) is 0 Å². The zero-order chi connectivity index (χ0) is 12.4. The molecule has 0 N–H and O–H groups in total. The molecule has 2 rings (SSSR count). The maximum Gasteiger partial charge on any atom is 0.285 e. The second-order valence-corrected chi connectivity index (χ2v) is 3.83. The van der Waals surface area contributed by atoms with Crippen LogP contribution in [0.2, 0.25) is 0 Å². The van der Waals surface area contributed by atoms with E-state index < -0.39 is 11.8 Å². The summed E-state index contributed by atoms with van der Waals surface area (Å²) >= 11 is 0. The fourth-order valence-electron chi connectivity index (χ4n) is 1.54. The summed E-state index contributed by atoms with van der Waals surface area (Å²) in [5.41, 5.74) is 1.61. The number of benzene rings is 1. The quantitative estimate of drug-likeness (QED) is 0.589. The van der Waals surface area contributed by atoms with E-state index in [0.29, 0.717) is 11.1 Å². The molecule has 0 bridgehead atoms. The molecule has 0 radical (unpaired) electrons. The first kappa shape index (κ1) is 11.5. The van der Waals surface area contributed by atoms with Crippen molar-refractivity contribution in [2.45, 2.75) is 13.3 Å². The topological polar surface area (TPSA) is 46.6 Å². The predicted molar refractivity (Wildman–Crippen MR) is 62.3 cm³/mol. The summed E-state index contributed by atoms with van der Waals surface area (Å²) in [6, 6.07) is 6.68. The lowest BCUT2D eigenvalue weighted by Gasteiger charge is -2.13. The van der Waals surface area contributed by atoms with Crippen molar-refractivity contribution in [2.75, 3.05) is 6.61 Å². The summed E-state index contributed by atoms with van der Waals surface area (Å²) in [5.74, 6) is -0.816. The molecule has 0 fully saturated rings. The van der Waals surface area contributed by atoms with Gasteiger partial charge >= 0.3 is 0 Å². The number of fused-ring (bicyclic) bond motifs is 1. The van der Waals surface area contributed by atoms with Gasteiger partial charge in [-0.15, -0.1) is 5.06 Å². The molecule has 0 atom stereocenters. The molecule has 0 aromatic heterocycles. The Morgan fingerprint density at radius 3 is 2.24 bits per heavy atom. The van der Waals surface area contributed by atoms with Gasteiger partial charge in [0.25, 0.3) is 11.8 Å². The maximum atomic E-state index is 11.9. The molecule has 0 spiro atoms. The highest BCUT2D eigenvalue weighted by atomic mass is 16.7. The van der Waals surface area contributed by atoms with Crippen LogP contribution < -0.4 is 0 Å². The van der Waals surface area contributed by atoms with E-state index >= 15 is 0 Å². The summed E-state index contributed by atoms with van der Waals surface area (Å²) in [4.78, 5) is 28.9. The Balaban J connectivity index is 2.16. The van der Waals surface area contributed by atoms with Crippen LogP contribution in [-0.4, -0.2) is 23.5 Å². The third-order valence-electron chi connectivity index (χ3n) is 2.65. The smallest absolute Gasteiger partial charge is 0.266 e. The van der Waals surface area contributed by atoms with Gasteiger partial charge in [-0.2, -0.15) is 0 Å². The van der Waals surface area contributed by atoms with Gasteiger partial charge in [0.2, 0.25) is 0 Å². The van der Waals surface area contributed by atoms with Crippen molar-refractivity contribution in [3.8, 4) is 0 Å². The molecule has 0 unspecified atom stereocenters. The van der Waals surface area contributed by atoms with Gasteiger partial charge in [-0.05, 0) is 24.1 Å². The van der Waals surface area contributed by atoms with Crippen LogP contribution in [0.4, 0.5) is 0 Å². The molecule has 2 amide bonds. The molecule has 0 saturated heterocycles. The molecule has 1 heterocycles. The van der Waals surface area contributed by atoms with Crippen LogP contribution in [0.1, 0.15) is 34.1 Å². The van der Waals surface area contributed by atoms with Crippen LogP contribution in [0.25, 0.3) is 0 Å². The van der Waals surface area contributed by atoms with E-state index in [1.54, 1.807) is 24.3 Å². The molecular formula is C13H13NO3. The fraction of sp³-hybridized carbons (Fsp3) is 0.231. The average Bonchev–Trinajstić information content (AvgIpc) is 2.60. The van der Waals surface area contributed by atoms with Crippen LogP contribution in [0.15, 0.2) is 36.4 Å². The Morgan fingerprint density at radius 2 is 1.76 bits per heavy atom. The minimum absolute atomic E-state index is 0.183. The van der Waals surface area contributed by atoms with Gasteiger partial charge in [0.05, 0.1) is 17.7 Å². The number of imide groups is 1. The van der Waals surface area contributed by atoms with Gasteiger partial charge in [0.1, 0.15) is 0 Å². The zero-order valence-corrected chi connectivity index (χ0v) is 9.60. The van der Waals surface area contributed by atoms with E-state index in [2.05, 4.69) is 6.58 Å². The lowest BCUT2D eigenvalue weighted by Crippen LogP contribution is -2.30. The summed E-state index contributed by atoms with van der Waals surface area (Å²) in [6.45, 7) is 5.88. The number of hydrogen-bond donors (Lipinski definition) is 0. The third-order valence-corrected chi connectivity index (χ3v) is 2.65. The standard InChI is InChI=1S/C13H13NO3/c1-3-9(2)8-17-14-12(15)10-6-4-5-7-11(10)13(14)16/h4-7H,2-3,8H2,1H3. The third kappa shape index (κ3) is 1.99. The van der Waals surface area contributed by atoms with Gasteiger partial charge in [0.15, 0.2) is 0 Å². The number of hydroxylamine groups is 2. The van der Waals surface area contributed by atoms with Crippen molar-refractivity contribution in [3.05, 3.63) is 47.5 Å². The van der Waals surface area contributed by atoms with E-state index in [4.69, 9.17) is 4.84 Å². The molecule has 4 nitrogen and oxygen atoms in total. The Labute approximate surface area is 99.4 Å². The summed E-state index contributed by atoms with van der Waals surface area (Å²) in [5, 5.41) is 0.811. The monoisotopic (exact) mass is 231 g/mol. The van der Waals surface area contributed by atoms with Crippen molar-refractivity contribution in [1.82, 2.24) is 5.06 Å². The van der Waals surface area contributed by atoms with E-state index in [-0.39, 0.29) is 6.61 Å². The molecule has 88 valence electrons. The lowest BCUT2D eigenvalue weighted by molar-refractivity contribution is -0.0828. The number of rotatable bonds is 4. The van der Waals surface area contributed by atoms with Crippen molar-refractivity contribution < 1.29 is 14.4 Å². The van der Waals surface area contributed by atoms with E-state index in [1.807, 2.05) is 6.92 Å². The van der Waals surface area contributed by atoms with Crippen molar-refractivity contribution >= 4 is 11.8 Å². The van der Waals surface area contributed by atoms with E-state index in [1.165, 1.54) is 0 Å². The SMILES string of the molecule is C=C(CC)CON1C(=O)c2ccccc2C1=O. The van der Waals surface area contributed by atoms with E-state index in [0.717, 1.165) is 17.1 Å². The van der Waals surface area contributed by atoms with Crippen molar-refractivity contribution in [3.63, 3.8) is 0 Å². The molecule has 1 aliphatic rings. The summed E-state index contributed by atoms with van der Waals surface area (Å²) in [7, 11) is 0. The number of carbonyl (C=O) groups is 2. The normalized spacial score (nSPS) is 14.1. The molecular weight excluding hydrogens is 218 g/mol. The van der Waals surface area contributed by atoms with Crippen LogP contribution in [-0.2, 0) is 4.84 Å². The highest BCUT2D eigenvalue weighted by molar-refractivity contribution is 6.20. The minimum atomic E-state index is -0.408. The Hall–Kier alpha value is -1.94. The number of nitrogens with zero attached hydrogens (tertiary/aromatic N) is 1. The average molecular weight is 231 g/mol. The highest BCUT2D eigenvalue weighted by Gasteiger charge is 2.36. The van der Waals surface area contributed by atoms with Crippen LogP contribution in [0.5, 0.6) is 0 Å². The Kier molecular flexibility index (Phi) is 3.06. The fourth-order valence-corrected chi connectivity index (χ4v) is 1.54. The lowest BCUT2D eigenvalue weighted by atomic mass is 10.1. The van der Waals surface area contributed by atoms with Gasteiger partial charge in [-0.25, -0.2) is 0 Å². The minimum Gasteiger partial charge on any atom is -0.266 e. The first-order valence-electron chi connectivity index (χ1n) is 5.42. The largest absolute Gasteiger partial charge is 0.285 e. The molecule has 1 aromatic carbocycles. The number of hydrogen-bond acceptors (Lipinski definition) is 3. The number of amides is 2. The first-order chi connectivity index (χ1) is 8.15. The summed E-state index contributed by atoms with van der Waals surface area (Å²) < 4.78 is 0. The zero-order valence-electron chi connectivity index (χ0n) is 9.60. The second-order valence-electron chi connectivity index (χ2n) is 3.83. The summed E-state index contributed by atoms with van der Waals surface area (Å²) in [6.07, 6.45) is 0.753. The predicted octanol–water partition coefficient (Wildman–Crippen LogP) is 2.18. The molecule has 17 heavy (non-hydrogen) atoms. The molecule has 0 saturated carbocycles. The van der Waals surface area contributed by atoms with Gasteiger partial charge < -0.3 is 0 Å². The molecule has 1 aromatic rings. The highest BCUT2D eigenvalue weighted by Crippen LogP contribution is 2.22. The maximum absolute atomic E-state index is 11.9. The van der Waals surface area contributed by atoms with Crippen LogP contribution >= 0.6 is 0 Å². The first-order valence-corrected chi connectivity index (χ1v) is 5.42. The number of carbonyl (C=O) groups excluding carboxylic acids is 2. The van der Waals surface area contributed by atoms with Crippen LogP contribution in [0, 0.1) is 0 Å².